The molecule has 104 valence electrons. The molecule has 1 N–H and O–H groups in total. The Morgan fingerprint density at radius 2 is 1.81 bits per heavy atom. The molecule has 5 nitrogen and oxygen atoms in total. The Morgan fingerprint density at radius 3 is 2.43 bits per heavy atom. The van der Waals surface area contributed by atoms with E-state index in [0.717, 1.165) is 5.56 Å². The van der Waals surface area contributed by atoms with Crippen LogP contribution >= 0.6 is 0 Å². The lowest BCUT2D eigenvalue weighted by Crippen LogP contribution is -1.95. The monoisotopic (exact) mass is 279 g/mol. The molecule has 0 spiro atoms. The molecule has 2 aromatic carbocycles. The van der Waals surface area contributed by atoms with Crippen LogP contribution < -0.4 is 5.43 Å². The molecule has 0 unspecified atom stereocenters. The lowest BCUT2D eigenvalue weighted by Gasteiger charge is -1.99. The molecule has 0 fully saturated rings. The Labute approximate surface area is 122 Å². The fraction of sp³-hybridized carbons (Fsp3) is 0.0625. The van der Waals surface area contributed by atoms with Crippen molar-refractivity contribution in [2.24, 2.45) is 5.10 Å². The molecular formula is C16H13N3O2. The second-order valence-electron chi connectivity index (χ2n) is 4.23. The Balaban J connectivity index is 2.00. The highest BCUT2D eigenvalue weighted by Gasteiger charge is 2.02. The largest absolute Gasteiger partial charge is 0.278 e. The average Bonchev–Trinajstić information content (AvgIpc) is 2.52. The van der Waals surface area contributed by atoms with Gasteiger partial charge in [-0.15, -0.1) is 0 Å². The third kappa shape index (κ3) is 4.48. The van der Waals surface area contributed by atoms with Gasteiger partial charge in [0, 0.05) is 17.7 Å². The van der Waals surface area contributed by atoms with Gasteiger partial charge in [0.1, 0.15) is 5.71 Å². The van der Waals surface area contributed by atoms with Gasteiger partial charge in [-0.1, -0.05) is 24.1 Å². The highest BCUT2D eigenvalue weighted by Crippen LogP contribution is 2.15. The van der Waals surface area contributed by atoms with Gasteiger partial charge in [0.2, 0.25) is 0 Å². The normalized spacial score (nSPS) is 10.4. The number of nitro benzene ring substituents is 1. The van der Waals surface area contributed by atoms with E-state index in [9.17, 15) is 10.1 Å². The predicted octanol–water partition coefficient (Wildman–Crippen LogP) is 3.43. The Bertz CT molecular complexity index is 711. The molecule has 21 heavy (non-hydrogen) atoms. The van der Waals surface area contributed by atoms with E-state index in [1.54, 1.807) is 19.1 Å². The Kier molecular flexibility index (Phi) is 4.67. The highest BCUT2D eigenvalue weighted by atomic mass is 16.6. The molecule has 0 atom stereocenters. The van der Waals surface area contributed by atoms with E-state index in [-0.39, 0.29) is 5.69 Å². The van der Waals surface area contributed by atoms with E-state index in [2.05, 4.69) is 22.4 Å². The number of benzene rings is 2. The molecule has 0 bridgehead atoms. The van der Waals surface area contributed by atoms with Crippen molar-refractivity contribution in [2.75, 3.05) is 5.43 Å². The first-order chi connectivity index (χ1) is 10.1. The molecule has 0 heterocycles. The minimum Gasteiger partial charge on any atom is -0.278 e. The van der Waals surface area contributed by atoms with Crippen molar-refractivity contribution in [1.29, 1.82) is 0 Å². The number of hydrazone groups is 1. The molecular weight excluding hydrogens is 266 g/mol. The van der Waals surface area contributed by atoms with E-state index in [1.165, 1.54) is 12.1 Å². The van der Waals surface area contributed by atoms with Gasteiger partial charge in [-0.2, -0.15) is 5.10 Å². The smallest absolute Gasteiger partial charge is 0.269 e. The lowest BCUT2D eigenvalue weighted by molar-refractivity contribution is -0.384. The first-order valence-corrected chi connectivity index (χ1v) is 6.27. The van der Waals surface area contributed by atoms with Crippen LogP contribution in [0.25, 0.3) is 0 Å². The van der Waals surface area contributed by atoms with E-state index in [1.807, 2.05) is 30.3 Å². The van der Waals surface area contributed by atoms with Gasteiger partial charge < -0.3 is 0 Å². The van der Waals surface area contributed by atoms with Crippen molar-refractivity contribution >= 4 is 17.1 Å². The van der Waals surface area contributed by atoms with Crippen LogP contribution in [0.1, 0.15) is 12.5 Å². The van der Waals surface area contributed by atoms with Gasteiger partial charge in [0.05, 0.1) is 10.6 Å². The summed E-state index contributed by atoms with van der Waals surface area (Å²) in [4.78, 5) is 10.1. The highest BCUT2D eigenvalue weighted by molar-refractivity contribution is 5.99. The molecule has 2 aromatic rings. The zero-order valence-corrected chi connectivity index (χ0v) is 11.4. The maximum Gasteiger partial charge on any atom is 0.269 e. The zero-order chi connectivity index (χ0) is 15.1. The van der Waals surface area contributed by atoms with Crippen LogP contribution in [0.2, 0.25) is 0 Å². The second-order valence-corrected chi connectivity index (χ2v) is 4.23. The summed E-state index contributed by atoms with van der Waals surface area (Å²) >= 11 is 0. The van der Waals surface area contributed by atoms with Crippen LogP contribution in [-0.4, -0.2) is 10.6 Å². The van der Waals surface area contributed by atoms with E-state index in [0.29, 0.717) is 11.4 Å². The minimum absolute atomic E-state index is 0.0464. The fourth-order valence-electron chi connectivity index (χ4n) is 1.52. The SMILES string of the molecule is C/C(C#Cc1ccccc1)=N/Nc1ccc([N+](=O)[O-])cc1. The molecule has 2 rings (SSSR count). The molecule has 0 aliphatic heterocycles. The van der Waals surface area contributed by atoms with Gasteiger partial charge in [0.25, 0.3) is 5.69 Å². The molecule has 0 saturated carbocycles. The summed E-state index contributed by atoms with van der Waals surface area (Å²) in [5, 5.41) is 14.6. The van der Waals surface area contributed by atoms with Crippen molar-refractivity contribution in [3.63, 3.8) is 0 Å². The lowest BCUT2D eigenvalue weighted by atomic mass is 10.2. The van der Waals surface area contributed by atoms with Crippen molar-refractivity contribution in [3.8, 4) is 11.8 Å². The average molecular weight is 279 g/mol. The van der Waals surface area contributed by atoms with Gasteiger partial charge in [-0.05, 0) is 37.1 Å². The summed E-state index contributed by atoms with van der Waals surface area (Å²) in [6, 6.07) is 15.7. The number of hydrogen-bond donors (Lipinski definition) is 1. The summed E-state index contributed by atoms with van der Waals surface area (Å²) < 4.78 is 0. The van der Waals surface area contributed by atoms with Gasteiger partial charge >= 0.3 is 0 Å². The van der Waals surface area contributed by atoms with Crippen molar-refractivity contribution in [2.45, 2.75) is 6.92 Å². The molecule has 0 aromatic heterocycles. The number of anilines is 1. The number of nitro groups is 1. The summed E-state index contributed by atoms with van der Waals surface area (Å²) in [6.45, 7) is 1.79. The van der Waals surface area contributed by atoms with Crippen molar-refractivity contribution in [1.82, 2.24) is 0 Å². The standard InChI is InChI=1S/C16H13N3O2/c1-13(7-8-14-5-3-2-4-6-14)17-18-15-9-11-16(12-10-15)19(20)21/h2-6,9-12,18H,1H3/b17-13-. The Morgan fingerprint density at radius 1 is 1.14 bits per heavy atom. The molecule has 0 radical (unpaired) electrons. The molecule has 0 aliphatic rings. The maximum absolute atomic E-state index is 10.5. The number of hydrogen-bond acceptors (Lipinski definition) is 4. The summed E-state index contributed by atoms with van der Waals surface area (Å²) in [5.74, 6) is 5.92. The predicted molar refractivity (Wildman–Crippen MR) is 83.1 cm³/mol. The maximum atomic E-state index is 10.5. The Hall–Kier alpha value is -3.13. The first kappa shape index (κ1) is 14.3. The zero-order valence-electron chi connectivity index (χ0n) is 11.4. The van der Waals surface area contributed by atoms with Crippen LogP contribution in [0.3, 0.4) is 0 Å². The third-order valence-corrected chi connectivity index (χ3v) is 2.59. The van der Waals surface area contributed by atoms with Gasteiger partial charge in [0.15, 0.2) is 0 Å². The number of nitrogens with one attached hydrogen (secondary N) is 1. The number of rotatable bonds is 3. The molecule has 0 aliphatic carbocycles. The van der Waals surface area contributed by atoms with Crippen molar-refractivity contribution < 1.29 is 4.92 Å². The van der Waals surface area contributed by atoms with E-state index in [4.69, 9.17) is 0 Å². The van der Waals surface area contributed by atoms with E-state index >= 15 is 0 Å². The summed E-state index contributed by atoms with van der Waals surface area (Å²) in [5.41, 5.74) is 5.07. The van der Waals surface area contributed by atoms with Gasteiger partial charge in [-0.25, -0.2) is 0 Å². The molecule has 0 amide bonds. The van der Waals surface area contributed by atoms with Crippen LogP contribution in [0.15, 0.2) is 59.7 Å². The third-order valence-electron chi connectivity index (χ3n) is 2.59. The van der Waals surface area contributed by atoms with Crippen LogP contribution in [0.4, 0.5) is 11.4 Å². The fourth-order valence-corrected chi connectivity index (χ4v) is 1.52. The summed E-state index contributed by atoms with van der Waals surface area (Å²) in [6.07, 6.45) is 0. The van der Waals surface area contributed by atoms with E-state index < -0.39 is 4.92 Å². The van der Waals surface area contributed by atoms with Crippen LogP contribution in [-0.2, 0) is 0 Å². The van der Waals surface area contributed by atoms with Gasteiger partial charge in [-0.3, -0.25) is 15.5 Å². The molecule has 0 saturated heterocycles. The molecule has 5 heteroatoms. The van der Waals surface area contributed by atoms with Crippen molar-refractivity contribution in [3.05, 3.63) is 70.3 Å². The summed E-state index contributed by atoms with van der Waals surface area (Å²) in [7, 11) is 0. The first-order valence-electron chi connectivity index (χ1n) is 6.27. The quantitative estimate of drug-likeness (QED) is 0.405. The topological polar surface area (TPSA) is 67.5 Å². The number of non-ortho nitro benzene ring substituents is 1. The minimum atomic E-state index is -0.441. The second kappa shape index (κ2) is 6.87. The van der Waals surface area contributed by atoms with Crippen LogP contribution in [0.5, 0.6) is 0 Å². The number of nitrogens with zero attached hydrogens (tertiary/aromatic N) is 2. The van der Waals surface area contributed by atoms with Crippen LogP contribution in [0, 0.1) is 22.0 Å².